The van der Waals surface area contributed by atoms with E-state index in [2.05, 4.69) is 21.1 Å². The van der Waals surface area contributed by atoms with E-state index < -0.39 is 17.8 Å². The molecule has 0 bridgehead atoms. The first-order valence-corrected chi connectivity index (χ1v) is 5.32. The summed E-state index contributed by atoms with van der Waals surface area (Å²) in [6.45, 7) is 0. The highest BCUT2D eigenvalue weighted by Gasteiger charge is 2.36. The number of benzene rings is 1. The second kappa shape index (κ2) is 4.08. The molecular formula is C10H7BrF3NO. The maximum atomic E-state index is 12.7. The topological polar surface area (TPSA) is 21.6 Å². The molecule has 0 fully saturated rings. The number of nitrogens with zero attached hydrogens (tertiary/aromatic N) is 1. The minimum Gasteiger partial charge on any atom is -0.386 e. The molecule has 0 amide bonds. The van der Waals surface area contributed by atoms with Crippen LogP contribution in [0, 0.1) is 0 Å². The molecule has 0 saturated carbocycles. The van der Waals surface area contributed by atoms with E-state index in [9.17, 15) is 13.2 Å². The van der Waals surface area contributed by atoms with Crippen molar-refractivity contribution in [3.05, 3.63) is 35.4 Å². The van der Waals surface area contributed by atoms with Gasteiger partial charge >= 0.3 is 6.18 Å². The highest BCUT2D eigenvalue weighted by Crippen LogP contribution is 2.38. The fourth-order valence-corrected chi connectivity index (χ4v) is 1.93. The Balaban J connectivity index is 2.35. The van der Waals surface area contributed by atoms with Gasteiger partial charge in [0, 0.05) is 12.0 Å². The SMILES string of the molecule is FC(F)(F)c1ccccc1C1CC(Br)=NO1. The molecule has 0 aliphatic carbocycles. The van der Waals surface area contributed by atoms with Crippen molar-refractivity contribution in [2.75, 3.05) is 0 Å². The quantitative estimate of drug-likeness (QED) is 0.770. The number of rotatable bonds is 1. The van der Waals surface area contributed by atoms with Gasteiger partial charge in [0.15, 0.2) is 6.10 Å². The molecule has 1 aliphatic heterocycles. The Morgan fingerprint density at radius 3 is 2.56 bits per heavy atom. The van der Waals surface area contributed by atoms with E-state index in [4.69, 9.17) is 4.84 Å². The molecule has 1 aliphatic rings. The van der Waals surface area contributed by atoms with Gasteiger partial charge in [-0.2, -0.15) is 13.2 Å². The van der Waals surface area contributed by atoms with Gasteiger partial charge in [-0.05, 0) is 22.0 Å². The summed E-state index contributed by atoms with van der Waals surface area (Å²) in [5, 5.41) is 3.58. The van der Waals surface area contributed by atoms with Crippen LogP contribution in [0.5, 0.6) is 0 Å². The van der Waals surface area contributed by atoms with Gasteiger partial charge in [-0.1, -0.05) is 23.4 Å². The monoisotopic (exact) mass is 293 g/mol. The minimum atomic E-state index is -4.37. The molecule has 16 heavy (non-hydrogen) atoms. The van der Waals surface area contributed by atoms with Crippen molar-refractivity contribution < 1.29 is 18.0 Å². The van der Waals surface area contributed by atoms with Crippen LogP contribution in [0.25, 0.3) is 0 Å². The second-order valence-corrected chi connectivity index (χ2v) is 4.27. The average molecular weight is 294 g/mol. The van der Waals surface area contributed by atoms with Gasteiger partial charge < -0.3 is 4.84 Å². The largest absolute Gasteiger partial charge is 0.416 e. The van der Waals surface area contributed by atoms with Crippen LogP contribution in [0.2, 0.25) is 0 Å². The highest BCUT2D eigenvalue weighted by atomic mass is 79.9. The lowest BCUT2D eigenvalue weighted by molar-refractivity contribution is -0.139. The molecule has 0 radical (unpaired) electrons. The van der Waals surface area contributed by atoms with Crippen molar-refractivity contribution in [3.63, 3.8) is 0 Å². The van der Waals surface area contributed by atoms with E-state index >= 15 is 0 Å². The Morgan fingerprint density at radius 1 is 1.31 bits per heavy atom. The molecule has 6 heteroatoms. The number of hydrogen-bond donors (Lipinski definition) is 0. The smallest absolute Gasteiger partial charge is 0.386 e. The molecule has 86 valence electrons. The summed E-state index contributed by atoms with van der Waals surface area (Å²) in [6.07, 6.45) is -4.70. The molecule has 1 atom stereocenters. The predicted molar refractivity (Wildman–Crippen MR) is 56.2 cm³/mol. The van der Waals surface area contributed by atoms with Crippen LogP contribution in [0.15, 0.2) is 29.4 Å². The summed E-state index contributed by atoms with van der Waals surface area (Å²) in [7, 11) is 0. The van der Waals surface area contributed by atoms with Gasteiger partial charge in [0.2, 0.25) is 0 Å². The minimum absolute atomic E-state index is 0.119. The molecule has 2 nitrogen and oxygen atoms in total. The normalized spacial score (nSPS) is 20.5. The Hall–Kier alpha value is -1.04. The van der Waals surface area contributed by atoms with Gasteiger partial charge in [-0.15, -0.1) is 0 Å². The van der Waals surface area contributed by atoms with Crippen molar-refractivity contribution in [3.8, 4) is 0 Å². The first-order chi connectivity index (χ1) is 7.48. The summed E-state index contributed by atoms with van der Waals surface area (Å²) in [6, 6.07) is 5.37. The zero-order valence-corrected chi connectivity index (χ0v) is 9.55. The summed E-state index contributed by atoms with van der Waals surface area (Å²) in [4.78, 5) is 4.93. The van der Waals surface area contributed by atoms with E-state index in [-0.39, 0.29) is 5.56 Å². The fraction of sp³-hybridized carbons (Fsp3) is 0.300. The van der Waals surface area contributed by atoms with Crippen LogP contribution in [0.3, 0.4) is 0 Å². The molecular weight excluding hydrogens is 287 g/mol. The lowest BCUT2D eigenvalue weighted by Gasteiger charge is -2.15. The summed E-state index contributed by atoms with van der Waals surface area (Å²) >= 11 is 3.09. The van der Waals surface area contributed by atoms with Crippen LogP contribution >= 0.6 is 15.9 Å². The lowest BCUT2D eigenvalue weighted by atomic mass is 10.0. The van der Waals surface area contributed by atoms with Crippen molar-refractivity contribution in [2.45, 2.75) is 18.7 Å². The molecule has 1 unspecified atom stereocenters. The zero-order chi connectivity index (χ0) is 11.8. The highest BCUT2D eigenvalue weighted by molar-refractivity contribution is 9.18. The van der Waals surface area contributed by atoms with E-state index in [1.165, 1.54) is 12.1 Å². The molecule has 0 aromatic heterocycles. The van der Waals surface area contributed by atoms with Crippen LogP contribution in [-0.4, -0.2) is 4.62 Å². The van der Waals surface area contributed by atoms with Gasteiger partial charge in [0.1, 0.15) is 4.62 Å². The van der Waals surface area contributed by atoms with Gasteiger partial charge in [-0.25, -0.2) is 0 Å². The third-order valence-electron chi connectivity index (χ3n) is 2.25. The van der Waals surface area contributed by atoms with E-state index in [1.807, 2.05) is 0 Å². The van der Waals surface area contributed by atoms with Crippen LogP contribution in [0.1, 0.15) is 23.7 Å². The standard InChI is InChI=1S/C10H7BrF3NO/c11-9-5-8(16-15-9)6-3-1-2-4-7(6)10(12,13)14/h1-4,8H,5H2. The molecule has 1 aromatic carbocycles. The molecule has 0 spiro atoms. The molecule has 0 N–H and O–H groups in total. The third kappa shape index (κ3) is 2.21. The van der Waals surface area contributed by atoms with Crippen molar-refractivity contribution >= 4 is 20.6 Å². The van der Waals surface area contributed by atoms with Gasteiger partial charge in [-0.3, -0.25) is 0 Å². The average Bonchev–Trinajstić information content (AvgIpc) is 2.64. The van der Waals surface area contributed by atoms with Crippen LogP contribution in [0.4, 0.5) is 13.2 Å². The van der Waals surface area contributed by atoms with Gasteiger partial charge in [0.05, 0.1) is 5.56 Å². The number of oxime groups is 1. The van der Waals surface area contributed by atoms with E-state index in [0.29, 0.717) is 11.0 Å². The maximum Gasteiger partial charge on any atom is 0.416 e. The Labute approximate surface area is 98.2 Å². The Bertz CT molecular complexity index is 430. The Kier molecular flexibility index (Phi) is 2.92. The summed E-state index contributed by atoms with van der Waals surface area (Å²) < 4.78 is 38.6. The lowest BCUT2D eigenvalue weighted by Crippen LogP contribution is -2.11. The third-order valence-corrected chi connectivity index (χ3v) is 2.71. The van der Waals surface area contributed by atoms with E-state index in [1.54, 1.807) is 6.07 Å². The molecule has 1 aromatic rings. The molecule has 2 rings (SSSR count). The fourth-order valence-electron chi connectivity index (χ4n) is 1.55. The second-order valence-electron chi connectivity index (χ2n) is 3.35. The first-order valence-electron chi connectivity index (χ1n) is 4.53. The number of halogens is 4. The zero-order valence-electron chi connectivity index (χ0n) is 7.96. The van der Waals surface area contributed by atoms with Crippen LogP contribution < -0.4 is 0 Å². The Morgan fingerprint density at radius 2 is 2.00 bits per heavy atom. The number of hydrogen-bond acceptors (Lipinski definition) is 2. The first kappa shape index (κ1) is 11.4. The van der Waals surface area contributed by atoms with E-state index in [0.717, 1.165) is 6.07 Å². The van der Waals surface area contributed by atoms with Crippen LogP contribution in [-0.2, 0) is 11.0 Å². The maximum absolute atomic E-state index is 12.7. The molecule has 1 heterocycles. The molecule has 0 saturated heterocycles. The summed E-state index contributed by atoms with van der Waals surface area (Å²) in [5.74, 6) is 0. The van der Waals surface area contributed by atoms with Crippen molar-refractivity contribution in [1.82, 2.24) is 0 Å². The summed E-state index contributed by atoms with van der Waals surface area (Å²) in [5.41, 5.74) is -0.550. The van der Waals surface area contributed by atoms with Crippen molar-refractivity contribution in [2.24, 2.45) is 5.16 Å². The predicted octanol–water partition coefficient (Wildman–Crippen LogP) is 3.88. The van der Waals surface area contributed by atoms with Crippen molar-refractivity contribution in [1.29, 1.82) is 0 Å². The van der Waals surface area contributed by atoms with Gasteiger partial charge in [0.25, 0.3) is 0 Å². The number of alkyl halides is 3.